The van der Waals surface area contributed by atoms with E-state index in [9.17, 15) is 14.0 Å². The summed E-state index contributed by atoms with van der Waals surface area (Å²) >= 11 is 1.27. The van der Waals surface area contributed by atoms with Crippen LogP contribution < -0.4 is 10.6 Å². The molecule has 0 aliphatic rings. The molecule has 0 aliphatic heterocycles. The molecule has 0 saturated heterocycles. The number of halogens is 1. The zero-order valence-electron chi connectivity index (χ0n) is 16.6. The first-order valence-corrected chi connectivity index (χ1v) is 10.1. The molecule has 0 fully saturated rings. The lowest BCUT2D eigenvalue weighted by Gasteiger charge is -2.02. The summed E-state index contributed by atoms with van der Waals surface area (Å²) in [5, 5.41) is 11.8. The van der Waals surface area contributed by atoms with Crippen molar-refractivity contribution >= 4 is 34.0 Å². The van der Waals surface area contributed by atoms with E-state index >= 15 is 0 Å². The van der Waals surface area contributed by atoms with Crippen LogP contribution in [0.5, 0.6) is 0 Å². The van der Waals surface area contributed by atoms with E-state index in [-0.39, 0.29) is 17.5 Å². The van der Waals surface area contributed by atoms with E-state index in [0.29, 0.717) is 28.0 Å². The number of thiazole rings is 1. The minimum atomic E-state index is -0.495. The molecule has 2 aromatic heterocycles. The highest BCUT2D eigenvalue weighted by Gasteiger charge is 2.17. The van der Waals surface area contributed by atoms with Crippen LogP contribution in [0.2, 0.25) is 0 Å². The van der Waals surface area contributed by atoms with Crippen LogP contribution in [0.3, 0.4) is 0 Å². The van der Waals surface area contributed by atoms with Crippen molar-refractivity contribution in [3.05, 3.63) is 71.4 Å². The first kappa shape index (κ1) is 20.4. The fourth-order valence-electron chi connectivity index (χ4n) is 2.86. The van der Waals surface area contributed by atoms with Crippen molar-refractivity contribution in [1.29, 1.82) is 0 Å². The van der Waals surface area contributed by atoms with Gasteiger partial charge in [0.15, 0.2) is 5.13 Å². The summed E-state index contributed by atoms with van der Waals surface area (Å²) in [4.78, 5) is 32.3. The first-order valence-electron chi connectivity index (χ1n) is 9.23. The summed E-state index contributed by atoms with van der Waals surface area (Å²) < 4.78 is 14.6. The molecule has 4 aromatic rings. The molecule has 31 heavy (non-hydrogen) atoms. The number of benzene rings is 2. The van der Waals surface area contributed by atoms with Crippen LogP contribution in [0.4, 0.5) is 15.2 Å². The monoisotopic (exact) mass is 436 g/mol. The number of rotatable bonds is 5. The van der Waals surface area contributed by atoms with Gasteiger partial charge in [0.05, 0.1) is 11.4 Å². The van der Waals surface area contributed by atoms with Crippen LogP contribution in [-0.2, 0) is 4.79 Å². The Bertz CT molecular complexity index is 1250. The number of hydrogen-bond acceptors (Lipinski definition) is 6. The molecule has 0 aliphatic carbocycles. The van der Waals surface area contributed by atoms with Crippen LogP contribution in [0, 0.1) is 12.7 Å². The maximum atomic E-state index is 13.1. The van der Waals surface area contributed by atoms with E-state index in [1.807, 2.05) is 17.5 Å². The third kappa shape index (κ3) is 4.64. The highest BCUT2D eigenvalue weighted by Crippen LogP contribution is 2.26. The van der Waals surface area contributed by atoms with Crippen LogP contribution >= 0.6 is 11.3 Å². The van der Waals surface area contributed by atoms with E-state index in [2.05, 4.69) is 25.7 Å². The highest BCUT2D eigenvalue weighted by atomic mass is 32.1. The number of hydrogen-bond donors (Lipinski definition) is 2. The summed E-state index contributed by atoms with van der Waals surface area (Å²) in [7, 11) is 0. The largest absolute Gasteiger partial charge is 0.326 e. The lowest BCUT2D eigenvalue weighted by molar-refractivity contribution is -0.114. The Morgan fingerprint density at radius 3 is 2.39 bits per heavy atom. The lowest BCUT2D eigenvalue weighted by Crippen LogP contribution is -2.14. The van der Waals surface area contributed by atoms with Crippen molar-refractivity contribution in [3.63, 3.8) is 0 Å². The maximum absolute atomic E-state index is 13.1. The molecule has 2 aromatic carbocycles. The maximum Gasteiger partial charge on any atom is 0.297 e. The zero-order chi connectivity index (χ0) is 22.0. The number of anilines is 2. The van der Waals surface area contributed by atoms with Gasteiger partial charge in [-0.3, -0.25) is 14.9 Å². The van der Waals surface area contributed by atoms with Crippen molar-refractivity contribution < 1.29 is 14.0 Å². The SMILES string of the molecule is CC(=O)Nc1ccc(-c2csc(NC(=O)c3nc(C)n(-c4ccc(F)cc4)n3)n2)cc1. The second-order valence-electron chi connectivity index (χ2n) is 6.62. The number of carbonyl (C=O) groups excluding carboxylic acids is 2. The van der Waals surface area contributed by atoms with Crippen LogP contribution in [0.25, 0.3) is 16.9 Å². The Hall–Kier alpha value is -3.92. The molecule has 10 heteroatoms. The second-order valence-corrected chi connectivity index (χ2v) is 7.48. The molecule has 2 heterocycles. The summed E-state index contributed by atoms with van der Waals surface area (Å²) in [6.45, 7) is 3.15. The molecular formula is C21H17FN6O2S. The van der Waals surface area contributed by atoms with Gasteiger partial charge >= 0.3 is 0 Å². The number of amides is 2. The summed E-state index contributed by atoms with van der Waals surface area (Å²) in [5.41, 5.74) is 2.83. The quantitative estimate of drug-likeness (QED) is 0.491. The number of nitrogens with zero attached hydrogens (tertiary/aromatic N) is 4. The predicted octanol–water partition coefficient (Wildman–Crippen LogP) is 4.05. The third-order valence-corrected chi connectivity index (χ3v) is 5.03. The second kappa shape index (κ2) is 8.44. The minimum absolute atomic E-state index is 0.0155. The van der Waals surface area contributed by atoms with E-state index in [0.717, 1.165) is 5.56 Å². The average Bonchev–Trinajstić information content (AvgIpc) is 3.36. The van der Waals surface area contributed by atoms with Gasteiger partial charge in [0.25, 0.3) is 5.91 Å². The molecule has 0 unspecified atom stereocenters. The van der Waals surface area contributed by atoms with Crippen LogP contribution in [-0.4, -0.2) is 31.6 Å². The van der Waals surface area contributed by atoms with Gasteiger partial charge in [-0.1, -0.05) is 12.1 Å². The Balaban J connectivity index is 1.47. The molecule has 4 rings (SSSR count). The molecule has 2 amide bonds. The van der Waals surface area contributed by atoms with Gasteiger partial charge in [-0.05, 0) is 43.3 Å². The summed E-state index contributed by atoms with van der Waals surface area (Å²) in [6, 6.07) is 13.0. The molecule has 0 radical (unpaired) electrons. The fourth-order valence-corrected chi connectivity index (χ4v) is 3.57. The van der Waals surface area contributed by atoms with Gasteiger partial charge in [-0.15, -0.1) is 16.4 Å². The Kier molecular flexibility index (Phi) is 5.54. The van der Waals surface area contributed by atoms with Crippen molar-refractivity contribution in [3.8, 4) is 16.9 Å². The van der Waals surface area contributed by atoms with Gasteiger partial charge in [0, 0.05) is 23.6 Å². The Morgan fingerprint density at radius 1 is 1.00 bits per heavy atom. The number of nitrogens with one attached hydrogen (secondary N) is 2. The van der Waals surface area contributed by atoms with E-state index in [1.54, 1.807) is 31.2 Å². The molecule has 0 bridgehead atoms. The van der Waals surface area contributed by atoms with Crippen LogP contribution in [0.1, 0.15) is 23.4 Å². The molecule has 8 nitrogen and oxygen atoms in total. The van der Waals surface area contributed by atoms with Crippen molar-refractivity contribution in [2.75, 3.05) is 10.6 Å². The molecular weight excluding hydrogens is 419 g/mol. The molecule has 156 valence electrons. The first-order chi connectivity index (χ1) is 14.9. The van der Waals surface area contributed by atoms with Gasteiger partial charge in [-0.2, -0.15) is 0 Å². The van der Waals surface area contributed by atoms with Gasteiger partial charge < -0.3 is 5.32 Å². The molecule has 2 N–H and O–H groups in total. The summed E-state index contributed by atoms with van der Waals surface area (Å²) in [5.74, 6) is -0.513. The van der Waals surface area contributed by atoms with Gasteiger partial charge in [0.2, 0.25) is 11.7 Å². The molecule has 0 atom stereocenters. The molecule has 0 spiro atoms. The minimum Gasteiger partial charge on any atom is -0.326 e. The van der Waals surface area contributed by atoms with E-state index in [1.165, 1.54) is 35.1 Å². The van der Waals surface area contributed by atoms with Gasteiger partial charge in [-0.25, -0.2) is 19.0 Å². The van der Waals surface area contributed by atoms with Crippen molar-refractivity contribution in [2.24, 2.45) is 0 Å². The van der Waals surface area contributed by atoms with E-state index < -0.39 is 5.91 Å². The third-order valence-electron chi connectivity index (χ3n) is 4.27. The average molecular weight is 436 g/mol. The lowest BCUT2D eigenvalue weighted by atomic mass is 10.1. The summed E-state index contributed by atoms with van der Waals surface area (Å²) in [6.07, 6.45) is 0. The van der Waals surface area contributed by atoms with Crippen molar-refractivity contribution in [2.45, 2.75) is 13.8 Å². The predicted molar refractivity (Wildman–Crippen MR) is 116 cm³/mol. The number of aryl methyl sites for hydroxylation is 1. The Morgan fingerprint density at radius 2 is 1.71 bits per heavy atom. The van der Waals surface area contributed by atoms with E-state index in [4.69, 9.17) is 0 Å². The van der Waals surface area contributed by atoms with Crippen LogP contribution in [0.15, 0.2) is 53.9 Å². The standard InChI is InChI=1S/C21H17FN6O2S/c1-12-23-19(27-28(12)17-9-5-15(22)6-10-17)20(30)26-21-25-18(11-31-21)14-3-7-16(8-4-14)24-13(2)29/h3-11H,1-2H3,(H,24,29)(H,25,26,30). The smallest absolute Gasteiger partial charge is 0.297 e. The zero-order valence-corrected chi connectivity index (χ0v) is 17.4. The number of carbonyl (C=O) groups is 2. The highest BCUT2D eigenvalue weighted by molar-refractivity contribution is 7.14. The molecule has 0 saturated carbocycles. The number of aromatic nitrogens is 4. The van der Waals surface area contributed by atoms with Crippen molar-refractivity contribution in [1.82, 2.24) is 19.7 Å². The normalized spacial score (nSPS) is 10.7. The Labute approximate surface area is 180 Å². The fraction of sp³-hybridized carbons (Fsp3) is 0.0952. The topological polar surface area (TPSA) is 102 Å². The van der Waals surface area contributed by atoms with Gasteiger partial charge in [0.1, 0.15) is 11.6 Å².